The molecule has 1 atom stereocenters. The average molecular weight is 466 g/mol. The third-order valence-electron chi connectivity index (χ3n) is 4.95. The summed E-state index contributed by atoms with van der Waals surface area (Å²) < 4.78 is 5.71. The Balaban J connectivity index is 1.45. The highest BCUT2D eigenvalue weighted by Gasteiger charge is 2.23. The summed E-state index contributed by atoms with van der Waals surface area (Å²) in [5.41, 5.74) is 2.47. The zero-order valence-electron chi connectivity index (χ0n) is 18.1. The number of thiazole rings is 1. The zero-order valence-corrected chi connectivity index (χ0v) is 18.9. The van der Waals surface area contributed by atoms with E-state index in [9.17, 15) is 14.4 Å². The largest absolute Gasteiger partial charge is 0.458 e. The lowest BCUT2D eigenvalue weighted by Crippen LogP contribution is -2.44. The number of benzene rings is 1. The molecule has 3 heterocycles. The summed E-state index contributed by atoms with van der Waals surface area (Å²) >= 11 is 1.26. The molecular formula is C23H23N5O4S. The number of furan rings is 1. The summed E-state index contributed by atoms with van der Waals surface area (Å²) in [4.78, 5) is 43.4. The van der Waals surface area contributed by atoms with Crippen molar-refractivity contribution >= 4 is 45.1 Å². The van der Waals surface area contributed by atoms with Gasteiger partial charge >= 0.3 is 0 Å². The average Bonchev–Trinajstić information content (AvgIpc) is 3.51. The van der Waals surface area contributed by atoms with Crippen LogP contribution in [0.25, 0.3) is 22.4 Å². The Bertz CT molecular complexity index is 1300. The molecule has 4 N–H and O–H groups in total. The molecule has 0 saturated carbocycles. The summed E-state index contributed by atoms with van der Waals surface area (Å²) in [6.45, 7) is 3.10. The van der Waals surface area contributed by atoms with E-state index in [0.29, 0.717) is 28.8 Å². The zero-order chi connectivity index (χ0) is 23.4. The first-order valence-electron chi connectivity index (χ1n) is 10.3. The van der Waals surface area contributed by atoms with Crippen molar-refractivity contribution in [1.29, 1.82) is 0 Å². The monoisotopic (exact) mass is 465 g/mol. The van der Waals surface area contributed by atoms with Gasteiger partial charge in [-0.05, 0) is 23.8 Å². The van der Waals surface area contributed by atoms with Crippen LogP contribution in [0, 0.1) is 0 Å². The van der Waals surface area contributed by atoms with Crippen molar-refractivity contribution in [2.75, 3.05) is 5.32 Å². The Labute approximate surface area is 193 Å². The number of H-pyrrole nitrogens is 1. The Morgan fingerprint density at radius 3 is 2.73 bits per heavy atom. The van der Waals surface area contributed by atoms with Crippen LogP contribution in [-0.4, -0.2) is 33.7 Å². The summed E-state index contributed by atoms with van der Waals surface area (Å²) in [6.07, 6.45) is 2.18. The highest BCUT2D eigenvalue weighted by Crippen LogP contribution is 2.27. The topological polar surface area (TPSA) is 129 Å². The molecule has 1 aromatic carbocycles. The third-order valence-corrected chi connectivity index (χ3v) is 5.71. The number of anilines is 1. The van der Waals surface area contributed by atoms with Crippen molar-refractivity contribution < 1.29 is 18.8 Å². The van der Waals surface area contributed by atoms with Crippen LogP contribution < -0.4 is 16.0 Å². The molecule has 9 nitrogen and oxygen atoms in total. The lowest BCUT2D eigenvalue weighted by atomic mass is 10.0. The number of carbonyl (C=O) groups is 3. The maximum absolute atomic E-state index is 13.0. The van der Waals surface area contributed by atoms with Gasteiger partial charge in [0.05, 0.1) is 6.54 Å². The van der Waals surface area contributed by atoms with Crippen LogP contribution in [0.2, 0.25) is 0 Å². The minimum absolute atomic E-state index is 0.145. The minimum Gasteiger partial charge on any atom is -0.458 e. The molecule has 0 bridgehead atoms. The second kappa shape index (κ2) is 9.70. The number of aromatic amines is 1. The Morgan fingerprint density at radius 1 is 1.12 bits per heavy atom. The van der Waals surface area contributed by atoms with E-state index in [-0.39, 0.29) is 24.3 Å². The van der Waals surface area contributed by atoms with Gasteiger partial charge in [0.1, 0.15) is 17.5 Å². The smallest absolute Gasteiger partial charge is 0.249 e. The molecule has 0 unspecified atom stereocenters. The molecule has 10 heteroatoms. The third kappa shape index (κ3) is 5.47. The molecule has 0 aliphatic rings. The maximum atomic E-state index is 13.0. The number of carbonyl (C=O) groups excluding carboxylic acids is 3. The predicted octanol–water partition coefficient (Wildman–Crippen LogP) is 3.21. The van der Waals surface area contributed by atoms with E-state index in [1.54, 1.807) is 17.5 Å². The molecule has 3 aromatic heterocycles. The van der Waals surface area contributed by atoms with Crippen LogP contribution in [0.1, 0.15) is 25.2 Å². The minimum atomic E-state index is -0.762. The molecule has 170 valence electrons. The molecule has 0 fully saturated rings. The molecule has 4 rings (SSSR count). The highest BCUT2D eigenvalue weighted by atomic mass is 32.1. The number of rotatable bonds is 8. The van der Waals surface area contributed by atoms with Gasteiger partial charge in [-0.2, -0.15) is 0 Å². The van der Waals surface area contributed by atoms with Gasteiger partial charge < -0.3 is 25.4 Å². The number of hydrogen-bond donors (Lipinski definition) is 4. The number of amides is 3. The normalized spacial score (nSPS) is 11.8. The lowest BCUT2D eigenvalue weighted by Gasteiger charge is -2.16. The molecule has 0 aliphatic carbocycles. The van der Waals surface area contributed by atoms with Gasteiger partial charge in [0.15, 0.2) is 10.9 Å². The number of hydrogen-bond acceptors (Lipinski definition) is 6. The highest BCUT2D eigenvalue weighted by molar-refractivity contribution is 7.14. The molecule has 0 spiro atoms. The van der Waals surface area contributed by atoms with Gasteiger partial charge in [-0.15, -0.1) is 11.3 Å². The quantitative estimate of drug-likeness (QED) is 0.318. The standard InChI is InChI=1S/C23H23N5O4S/c1-13(29)24-11-16-7-8-21(32-16)20-12-33-23(27-20)28-22(31)19(26-14(2)30)9-15-10-25-18-6-4-3-5-17(15)18/h3-8,10,12,19,25H,9,11H2,1-2H3,(H,24,29)(H,26,30)(H,27,28,31)/t19-/m0/s1. The van der Waals surface area contributed by atoms with Gasteiger partial charge in [0.25, 0.3) is 0 Å². The molecule has 3 amide bonds. The fourth-order valence-electron chi connectivity index (χ4n) is 3.43. The SMILES string of the molecule is CC(=O)NCc1ccc(-c2csc(NC(=O)[C@H](Cc3c[nH]c4ccccc34)NC(C)=O)n2)o1. The van der Waals surface area contributed by atoms with Crippen LogP contribution in [0.5, 0.6) is 0 Å². The van der Waals surface area contributed by atoms with Crippen LogP contribution in [0.15, 0.2) is 52.4 Å². The van der Waals surface area contributed by atoms with Crippen LogP contribution in [0.3, 0.4) is 0 Å². The molecule has 0 saturated heterocycles. The summed E-state index contributed by atoms with van der Waals surface area (Å²) in [7, 11) is 0. The Hall–Kier alpha value is -3.92. The predicted molar refractivity (Wildman–Crippen MR) is 126 cm³/mol. The summed E-state index contributed by atoms with van der Waals surface area (Å²) in [5, 5.41) is 11.4. The van der Waals surface area contributed by atoms with Crippen molar-refractivity contribution in [1.82, 2.24) is 20.6 Å². The van der Waals surface area contributed by atoms with Gasteiger partial charge in [0, 0.05) is 42.7 Å². The number of nitrogens with zero attached hydrogens (tertiary/aromatic N) is 1. The molecular weight excluding hydrogens is 442 g/mol. The number of aromatic nitrogens is 2. The van der Waals surface area contributed by atoms with E-state index in [1.807, 2.05) is 30.5 Å². The van der Waals surface area contributed by atoms with E-state index in [0.717, 1.165) is 16.5 Å². The van der Waals surface area contributed by atoms with Gasteiger partial charge in [-0.1, -0.05) is 18.2 Å². The second-order valence-corrected chi connectivity index (χ2v) is 8.38. The Kier molecular flexibility index (Phi) is 6.55. The van der Waals surface area contributed by atoms with Crippen molar-refractivity contribution in [3.8, 4) is 11.5 Å². The number of para-hydroxylation sites is 1. The molecule has 0 radical (unpaired) electrons. The van der Waals surface area contributed by atoms with E-state index >= 15 is 0 Å². The van der Waals surface area contributed by atoms with Crippen molar-refractivity contribution in [3.05, 3.63) is 59.3 Å². The van der Waals surface area contributed by atoms with E-state index < -0.39 is 6.04 Å². The second-order valence-electron chi connectivity index (χ2n) is 7.52. The first-order valence-corrected chi connectivity index (χ1v) is 11.2. The van der Waals surface area contributed by atoms with E-state index in [4.69, 9.17) is 4.42 Å². The first kappa shape index (κ1) is 22.3. The van der Waals surface area contributed by atoms with Crippen molar-refractivity contribution in [2.24, 2.45) is 0 Å². The molecule has 33 heavy (non-hydrogen) atoms. The molecule has 0 aliphatic heterocycles. The fraction of sp³-hybridized carbons (Fsp3) is 0.217. The van der Waals surface area contributed by atoms with Gasteiger partial charge in [-0.3, -0.25) is 14.4 Å². The first-order chi connectivity index (χ1) is 15.9. The summed E-state index contributed by atoms with van der Waals surface area (Å²) in [5.74, 6) is 0.333. The van der Waals surface area contributed by atoms with Crippen molar-refractivity contribution in [2.45, 2.75) is 32.9 Å². The van der Waals surface area contributed by atoms with Crippen LogP contribution in [0.4, 0.5) is 5.13 Å². The fourth-order valence-corrected chi connectivity index (χ4v) is 4.14. The number of nitrogens with one attached hydrogen (secondary N) is 4. The van der Waals surface area contributed by atoms with E-state index in [1.165, 1.54) is 25.2 Å². The van der Waals surface area contributed by atoms with Gasteiger partial charge in [0.2, 0.25) is 17.7 Å². The van der Waals surface area contributed by atoms with Gasteiger partial charge in [-0.25, -0.2) is 4.98 Å². The lowest BCUT2D eigenvalue weighted by molar-refractivity contribution is -0.125. The summed E-state index contributed by atoms with van der Waals surface area (Å²) in [6, 6.07) is 10.6. The molecule has 4 aromatic rings. The van der Waals surface area contributed by atoms with Crippen molar-refractivity contribution in [3.63, 3.8) is 0 Å². The maximum Gasteiger partial charge on any atom is 0.249 e. The number of fused-ring (bicyclic) bond motifs is 1. The van der Waals surface area contributed by atoms with Crippen LogP contribution in [-0.2, 0) is 27.3 Å². The Morgan fingerprint density at radius 2 is 1.94 bits per heavy atom. The van der Waals surface area contributed by atoms with Crippen LogP contribution >= 0.6 is 11.3 Å². The van der Waals surface area contributed by atoms with E-state index in [2.05, 4.69) is 25.9 Å².